The van der Waals surface area contributed by atoms with Crippen molar-refractivity contribution in [3.63, 3.8) is 0 Å². The summed E-state index contributed by atoms with van der Waals surface area (Å²) in [5.74, 6) is -0.316. The van der Waals surface area contributed by atoms with E-state index in [9.17, 15) is 4.79 Å². The summed E-state index contributed by atoms with van der Waals surface area (Å²) in [4.78, 5) is 11.5. The van der Waals surface area contributed by atoms with Crippen molar-refractivity contribution in [2.45, 2.75) is 58.0 Å². The van der Waals surface area contributed by atoms with Gasteiger partial charge in [0, 0.05) is 6.04 Å². The van der Waals surface area contributed by atoms with Crippen molar-refractivity contribution in [3.05, 3.63) is 35.9 Å². The Labute approximate surface area is 116 Å². The minimum atomic E-state index is -0.688. The van der Waals surface area contributed by atoms with Crippen molar-refractivity contribution < 1.29 is 4.79 Å². The SMILES string of the molecule is CCCCCC(NC(C)(C)C(N)=O)c1ccccc1. The van der Waals surface area contributed by atoms with Crippen molar-refractivity contribution >= 4 is 5.91 Å². The average molecular weight is 262 g/mol. The summed E-state index contributed by atoms with van der Waals surface area (Å²) < 4.78 is 0. The van der Waals surface area contributed by atoms with Crippen molar-refractivity contribution in [2.75, 3.05) is 0 Å². The fourth-order valence-corrected chi connectivity index (χ4v) is 2.11. The summed E-state index contributed by atoms with van der Waals surface area (Å²) in [6.45, 7) is 5.87. The number of hydrogen-bond donors (Lipinski definition) is 2. The number of hydrogen-bond acceptors (Lipinski definition) is 2. The molecule has 0 heterocycles. The van der Waals surface area contributed by atoms with Crippen LogP contribution >= 0.6 is 0 Å². The molecule has 1 aromatic carbocycles. The van der Waals surface area contributed by atoms with Crippen LogP contribution in [0.5, 0.6) is 0 Å². The Bertz CT molecular complexity index is 387. The van der Waals surface area contributed by atoms with Crippen LogP contribution in [0.1, 0.15) is 58.1 Å². The standard InChI is InChI=1S/C16H26N2O/c1-4-5-7-12-14(13-10-8-6-9-11-13)18-16(2,3)15(17)19/h6,8-11,14,18H,4-5,7,12H2,1-3H3,(H2,17,19). The van der Waals surface area contributed by atoms with Crippen LogP contribution in [-0.2, 0) is 4.79 Å². The zero-order valence-electron chi connectivity index (χ0n) is 12.3. The van der Waals surface area contributed by atoms with Gasteiger partial charge in [-0.1, -0.05) is 56.5 Å². The predicted octanol–water partition coefficient (Wildman–Crippen LogP) is 3.16. The molecule has 0 saturated carbocycles. The van der Waals surface area contributed by atoms with Crippen LogP contribution in [0.3, 0.4) is 0 Å². The van der Waals surface area contributed by atoms with E-state index in [-0.39, 0.29) is 11.9 Å². The normalized spacial score (nSPS) is 13.2. The first-order valence-electron chi connectivity index (χ1n) is 7.10. The van der Waals surface area contributed by atoms with Crippen LogP contribution in [0.25, 0.3) is 0 Å². The first kappa shape index (κ1) is 15.7. The number of primary amides is 1. The lowest BCUT2D eigenvalue weighted by Crippen LogP contribution is -2.51. The molecule has 0 fully saturated rings. The fourth-order valence-electron chi connectivity index (χ4n) is 2.11. The minimum absolute atomic E-state index is 0.176. The van der Waals surface area contributed by atoms with Gasteiger partial charge >= 0.3 is 0 Å². The lowest BCUT2D eigenvalue weighted by Gasteiger charge is -2.29. The summed E-state index contributed by atoms with van der Waals surface area (Å²) >= 11 is 0. The lowest BCUT2D eigenvalue weighted by atomic mass is 9.95. The van der Waals surface area contributed by atoms with Gasteiger partial charge in [-0.2, -0.15) is 0 Å². The Kier molecular flexibility index (Phi) is 6.03. The van der Waals surface area contributed by atoms with Gasteiger partial charge in [0.25, 0.3) is 0 Å². The van der Waals surface area contributed by atoms with E-state index in [1.165, 1.54) is 18.4 Å². The van der Waals surface area contributed by atoms with Crippen LogP contribution < -0.4 is 11.1 Å². The molecule has 1 amide bonds. The Morgan fingerprint density at radius 2 is 1.89 bits per heavy atom. The highest BCUT2D eigenvalue weighted by atomic mass is 16.1. The number of nitrogens with two attached hydrogens (primary N) is 1. The smallest absolute Gasteiger partial charge is 0.237 e. The van der Waals surface area contributed by atoms with E-state index in [1.807, 2.05) is 32.0 Å². The van der Waals surface area contributed by atoms with E-state index in [0.29, 0.717) is 0 Å². The lowest BCUT2D eigenvalue weighted by molar-refractivity contribution is -0.123. The molecule has 0 aliphatic rings. The molecule has 19 heavy (non-hydrogen) atoms. The van der Waals surface area contributed by atoms with Crippen molar-refractivity contribution in [2.24, 2.45) is 5.73 Å². The number of carbonyl (C=O) groups is 1. The van der Waals surface area contributed by atoms with Gasteiger partial charge in [0.15, 0.2) is 0 Å². The highest BCUT2D eigenvalue weighted by molar-refractivity contribution is 5.83. The average Bonchev–Trinajstić information content (AvgIpc) is 2.38. The van der Waals surface area contributed by atoms with E-state index in [0.717, 1.165) is 12.8 Å². The minimum Gasteiger partial charge on any atom is -0.368 e. The quantitative estimate of drug-likeness (QED) is 0.707. The maximum absolute atomic E-state index is 11.5. The van der Waals surface area contributed by atoms with Gasteiger partial charge in [0.05, 0.1) is 5.54 Å². The zero-order valence-corrected chi connectivity index (χ0v) is 12.3. The topological polar surface area (TPSA) is 55.1 Å². The maximum atomic E-state index is 11.5. The van der Waals surface area contributed by atoms with Crippen LogP contribution in [0.15, 0.2) is 30.3 Å². The molecular formula is C16H26N2O. The van der Waals surface area contributed by atoms with E-state index < -0.39 is 5.54 Å². The number of carbonyl (C=O) groups excluding carboxylic acids is 1. The van der Waals surface area contributed by atoms with Gasteiger partial charge in [-0.05, 0) is 25.8 Å². The van der Waals surface area contributed by atoms with E-state index in [2.05, 4.69) is 24.4 Å². The molecule has 0 spiro atoms. The first-order valence-corrected chi connectivity index (χ1v) is 7.10. The number of unbranched alkanes of at least 4 members (excludes halogenated alkanes) is 2. The molecule has 0 bridgehead atoms. The number of benzene rings is 1. The van der Waals surface area contributed by atoms with Crippen LogP contribution in [0.4, 0.5) is 0 Å². The third-order valence-corrected chi connectivity index (χ3v) is 3.45. The first-order chi connectivity index (χ1) is 8.97. The second-order valence-corrected chi connectivity index (χ2v) is 5.59. The molecule has 0 aromatic heterocycles. The Hall–Kier alpha value is -1.35. The molecule has 1 atom stereocenters. The third kappa shape index (κ3) is 5.03. The second kappa shape index (κ2) is 7.29. The van der Waals surface area contributed by atoms with Gasteiger partial charge in [0.2, 0.25) is 5.91 Å². The molecular weight excluding hydrogens is 236 g/mol. The molecule has 3 heteroatoms. The number of rotatable bonds is 8. The third-order valence-electron chi connectivity index (χ3n) is 3.45. The summed E-state index contributed by atoms with van der Waals surface area (Å²) in [5.41, 5.74) is 5.98. The van der Waals surface area contributed by atoms with Crippen molar-refractivity contribution in [1.29, 1.82) is 0 Å². The molecule has 1 rings (SSSR count). The van der Waals surface area contributed by atoms with E-state index in [1.54, 1.807) is 0 Å². The molecule has 0 aliphatic heterocycles. The fraction of sp³-hybridized carbons (Fsp3) is 0.562. The van der Waals surface area contributed by atoms with Crippen LogP contribution in [0.2, 0.25) is 0 Å². The zero-order chi connectivity index (χ0) is 14.3. The summed E-state index contributed by atoms with van der Waals surface area (Å²) in [5, 5.41) is 3.39. The van der Waals surface area contributed by atoms with Gasteiger partial charge in [0.1, 0.15) is 0 Å². The summed E-state index contributed by atoms with van der Waals surface area (Å²) in [7, 11) is 0. The predicted molar refractivity (Wildman–Crippen MR) is 79.7 cm³/mol. The summed E-state index contributed by atoms with van der Waals surface area (Å²) in [6, 6.07) is 10.4. The van der Waals surface area contributed by atoms with Crippen molar-refractivity contribution in [1.82, 2.24) is 5.32 Å². The van der Waals surface area contributed by atoms with E-state index in [4.69, 9.17) is 5.73 Å². The molecule has 1 aromatic rings. The molecule has 0 radical (unpaired) electrons. The molecule has 3 N–H and O–H groups in total. The molecule has 106 valence electrons. The number of nitrogens with one attached hydrogen (secondary N) is 1. The second-order valence-electron chi connectivity index (χ2n) is 5.59. The summed E-state index contributed by atoms with van der Waals surface area (Å²) in [6.07, 6.45) is 4.58. The Morgan fingerprint density at radius 1 is 1.26 bits per heavy atom. The van der Waals surface area contributed by atoms with Crippen molar-refractivity contribution in [3.8, 4) is 0 Å². The molecule has 0 aliphatic carbocycles. The largest absolute Gasteiger partial charge is 0.368 e. The number of amides is 1. The Balaban J connectivity index is 2.78. The molecule has 0 saturated heterocycles. The van der Waals surface area contributed by atoms with Gasteiger partial charge in [-0.3, -0.25) is 10.1 Å². The van der Waals surface area contributed by atoms with Crippen LogP contribution in [-0.4, -0.2) is 11.4 Å². The highest BCUT2D eigenvalue weighted by Gasteiger charge is 2.28. The van der Waals surface area contributed by atoms with Crippen LogP contribution in [0, 0.1) is 0 Å². The Morgan fingerprint density at radius 3 is 2.42 bits per heavy atom. The molecule has 3 nitrogen and oxygen atoms in total. The van der Waals surface area contributed by atoms with Gasteiger partial charge in [-0.15, -0.1) is 0 Å². The maximum Gasteiger partial charge on any atom is 0.237 e. The van der Waals surface area contributed by atoms with E-state index >= 15 is 0 Å². The molecule has 1 unspecified atom stereocenters. The monoisotopic (exact) mass is 262 g/mol. The highest BCUT2D eigenvalue weighted by Crippen LogP contribution is 2.22. The van der Waals surface area contributed by atoms with Gasteiger partial charge < -0.3 is 5.73 Å². The van der Waals surface area contributed by atoms with Gasteiger partial charge in [-0.25, -0.2) is 0 Å².